The minimum atomic E-state index is -0.251. The number of aromatic amines is 2. The highest BCUT2D eigenvalue weighted by atomic mass is 16.5. The van der Waals surface area contributed by atoms with Gasteiger partial charge < -0.3 is 19.4 Å². The summed E-state index contributed by atoms with van der Waals surface area (Å²) < 4.78 is 5.40. The van der Waals surface area contributed by atoms with Gasteiger partial charge >= 0.3 is 5.69 Å². The van der Waals surface area contributed by atoms with Gasteiger partial charge in [-0.05, 0) is 74.1 Å². The van der Waals surface area contributed by atoms with Gasteiger partial charge in [-0.3, -0.25) is 4.79 Å². The molecule has 0 unspecified atom stereocenters. The number of imidazole rings is 1. The number of anilines is 1. The Hall–Kier alpha value is -3.61. The summed E-state index contributed by atoms with van der Waals surface area (Å²) in [7, 11) is 1.83. The van der Waals surface area contributed by atoms with Crippen LogP contribution >= 0.6 is 0 Å². The van der Waals surface area contributed by atoms with E-state index in [2.05, 4.69) is 28.1 Å². The standard InChI is InChI=1S/C24H24N4O3/c1-12-8-9-19-16(6-5-7-20(29)28(19)4)21(12)17-10-15(22-13(2)27-31-14(22)3)11-18-23(17)26-24(30)25-18/h8-11H,5-7H2,1-4H3,(H2,25,26,30). The van der Waals surface area contributed by atoms with Crippen LogP contribution in [-0.2, 0) is 11.2 Å². The first-order valence-electron chi connectivity index (χ1n) is 10.4. The third kappa shape index (κ3) is 3.00. The van der Waals surface area contributed by atoms with Crippen molar-refractivity contribution in [1.29, 1.82) is 0 Å². The second kappa shape index (κ2) is 6.97. The molecular formula is C24H24N4O3. The van der Waals surface area contributed by atoms with Gasteiger partial charge in [-0.15, -0.1) is 0 Å². The van der Waals surface area contributed by atoms with Gasteiger partial charge in [0.15, 0.2) is 0 Å². The number of carbonyl (C=O) groups excluding carboxylic acids is 1. The molecule has 0 saturated carbocycles. The topological polar surface area (TPSA) is 95.0 Å². The molecule has 0 radical (unpaired) electrons. The first kappa shape index (κ1) is 19.4. The second-order valence-electron chi connectivity index (χ2n) is 8.29. The molecule has 5 rings (SSSR count). The van der Waals surface area contributed by atoms with Gasteiger partial charge in [0.25, 0.3) is 0 Å². The highest BCUT2D eigenvalue weighted by Gasteiger charge is 2.25. The number of aryl methyl sites for hydroxylation is 3. The predicted molar refractivity (Wildman–Crippen MR) is 120 cm³/mol. The van der Waals surface area contributed by atoms with Crippen molar-refractivity contribution in [2.24, 2.45) is 0 Å². The first-order valence-corrected chi connectivity index (χ1v) is 10.4. The fourth-order valence-electron chi connectivity index (χ4n) is 4.79. The Balaban J connectivity index is 1.86. The lowest BCUT2D eigenvalue weighted by molar-refractivity contribution is -0.118. The third-order valence-electron chi connectivity index (χ3n) is 6.27. The zero-order chi connectivity index (χ0) is 21.9. The van der Waals surface area contributed by atoms with Crippen LogP contribution in [0.1, 0.15) is 35.4 Å². The Morgan fingerprint density at radius 1 is 1.03 bits per heavy atom. The lowest BCUT2D eigenvalue weighted by Gasteiger charge is -2.22. The van der Waals surface area contributed by atoms with Crippen LogP contribution in [-0.4, -0.2) is 28.1 Å². The van der Waals surface area contributed by atoms with Gasteiger partial charge in [0.1, 0.15) is 5.76 Å². The number of H-pyrrole nitrogens is 2. The highest BCUT2D eigenvalue weighted by Crippen LogP contribution is 2.41. The van der Waals surface area contributed by atoms with Gasteiger partial charge in [0, 0.05) is 30.3 Å². The number of hydrogen-bond donors (Lipinski definition) is 2. The Morgan fingerprint density at radius 2 is 1.84 bits per heavy atom. The van der Waals surface area contributed by atoms with Crippen LogP contribution < -0.4 is 10.6 Å². The molecule has 2 N–H and O–H groups in total. The molecule has 0 fully saturated rings. The number of fused-ring (bicyclic) bond motifs is 2. The van der Waals surface area contributed by atoms with Crippen molar-refractivity contribution in [1.82, 2.24) is 15.1 Å². The van der Waals surface area contributed by atoms with Crippen molar-refractivity contribution in [3.8, 4) is 22.3 Å². The van der Waals surface area contributed by atoms with Crippen molar-refractivity contribution in [3.63, 3.8) is 0 Å². The molecule has 2 aromatic carbocycles. The molecule has 0 aliphatic carbocycles. The molecule has 7 heteroatoms. The van der Waals surface area contributed by atoms with Crippen LogP contribution in [0.25, 0.3) is 33.3 Å². The average molecular weight is 416 g/mol. The van der Waals surface area contributed by atoms with Gasteiger partial charge in [-0.1, -0.05) is 11.2 Å². The largest absolute Gasteiger partial charge is 0.361 e. The Morgan fingerprint density at radius 3 is 2.58 bits per heavy atom. The molecule has 0 saturated heterocycles. The number of aromatic nitrogens is 3. The zero-order valence-electron chi connectivity index (χ0n) is 18.0. The number of amides is 1. The van der Waals surface area contributed by atoms with Crippen molar-refractivity contribution < 1.29 is 9.32 Å². The Labute approximate surface area is 179 Å². The van der Waals surface area contributed by atoms with Crippen LogP contribution in [0.2, 0.25) is 0 Å². The zero-order valence-corrected chi connectivity index (χ0v) is 18.0. The van der Waals surface area contributed by atoms with Gasteiger partial charge in [0.05, 0.1) is 16.7 Å². The fraction of sp³-hybridized carbons (Fsp3) is 0.292. The molecule has 7 nitrogen and oxygen atoms in total. The maximum Gasteiger partial charge on any atom is 0.323 e. The van der Waals surface area contributed by atoms with Crippen molar-refractivity contribution in [2.45, 2.75) is 40.0 Å². The summed E-state index contributed by atoms with van der Waals surface area (Å²) in [6.07, 6.45) is 2.12. The molecule has 3 heterocycles. The summed E-state index contributed by atoms with van der Waals surface area (Å²) in [5, 5.41) is 4.10. The smallest absolute Gasteiger partial charge is 0.323 e. The number of nitrogens with zero attached hydrogens (tertiary/aromatic N) is 2. The molecular weight excluding hydrogens is 392 g/mol. The number of carbonyl (C=O) groups is 1. The summed E-state index contributed by atoms with van der Waals surface area (Å²) in [4.78, 5) is 32.3. The summed E-state index contributed by atoms with van der Waals surface area (Å²) in [6.45, 7) is 5.87. The molecule has 0 atom stereocenters. The van der Waals surface area contributed by atoms with E-state index in [0.29, 0.717) is 6.42 Å². The van der Waals surface area contributed by atoms with E-state index in [1.54, 1.807) is 4.90 Å². The van der Waals surface area contributed by atoms with E-state index in [1.807, 2.05) is 39.1 Å². The van der Waals surface area contributed by atoms with Crippen LogP contribution in [0, 0.1) is 20.8 Å². The molecule has 31 heavy (non-hydrogen) atoms. The molecule has 0 spiro atoms. The lowest BCUT2D eigenvalue weighted by atomic mass is 9.88. The van der Waals surface area contributed by atoms with Gasteiger partial charge in [-0.2, -0.15) is 0 Å². The summed E-state index contributed by atoms with van der Waals surface area (Å²) in [5.41, 5.74) is 9.05. The molecule has 1 aliphatic heterocycles. The minimum Gasteiger partial charge on any atom is -0.361 e. The number of nitrogens with one attached hydrogen (secondary N) is 2. The van der Waals surface area contributed by atoms with E-state index >= 15 is 0 Å². The molecule has 0 bridgehead atoms. The predicted octanol–water partition coefficient (Wildman–Crippen LogP) is 4.40. The summed E-state index contributed by atoms with van der Waals surface area (Å²) in [6, 6.07) is 8.11. The Kier molecular flexibility index (Phi) is 4.36. The van der Waals surface area contributed by atoms with Gasteiger partial charge in [0.2, 0.25) is 5.91 Å². The minimum absolute atomic E-state index is 0.123. The molecule has 158 valence electrons. The quantitative estimate of drug-likeness (QED) is 0.506. The van der Waals surface area contributed by atoms with Crippen molar-refractivity contribution in [3.05, 3.63) is 57.3 Å². The SMILES string of the molecule is Cc1ccc2c(c1-c1cc(-c3c(C)noc3C)cc3[nH]c(=O)[nH]c13)CCCC(=O)N2C. The van der Waals surface area contributed by atoms with Gasteiger partial charge in [-0.25, -0.2) is 4.79 Å². The summed E-state index contributed by atoms with van der Waals surface area (Å²) >= 11 is 0. The van der Waals surface area contributed by atoms with Crippen molar-refractivity contribution >= 4 is 22.6 Å². The van der Waals surface area contributed by atoms with E-state index in [1.165, 1.54) is 0 Å². The number of rotatable bonds is 2. The average Bonchev–Trinajstić information content (AvgIpc) is 3.23. The molecule has 2 aromatic heterocycles. The number of benzene rings is 2. The normalized spacial score (nSPS) is 14.2. The highest BCUT2D eigenvalue weighted by molar-refractivity contribution is 6.01. The van der Waals surface area contributed by atoms with E-state index in [4.69, 9.17) is 4.52 Å². The van der Waals surface area contributed by atoms with E-state index in [9.17, 15) is 9.59 Å². The maximum atomic E-state index is 12.5. The van der Waals surface area contributed by atoms with Crippen molar-refractivity contribution in [2.75, 3.05) is 11.9 Å². The van der Waals surface area contributed by atoms with E-state index in [-0.39, 0.29) is 11.6 Å². The summed E-state index contributed by atoms with van der Waals surface area (Å²) in [5.74, 6) is 0.854. The monoisotopic (exact) mass is 416 g/mol. The third-order valence-corrected chi connectivity index (χ3v) is 6.27. The molecule has 1 aliphatic rings. The molecule has 4 aromatic rings. The maximum absolute atomic E-state index is 12.5. The van der Waals surface area contributed by atoms with Crippen LogP contribution in [0.15, 0.2) is 33.6 Å². The fourth-order valence-corrected chi connectivity index (χ4v) is 4.79. The molecule has 1 amide bonds. The van der Waals surface area contributed by atoms with Crippen LogP contribution in [0.3, 0.4) is 0 Å². The second-order valence-corrected chi connectivity index (χ2v) is 8.29. The van der Waals surface area contributed by atoms with Crippen LogP contribution in [0.4, 0.5) is 5.69 Å². The van der Waals surface area contributed by atoms with E-state index in [0.717, 1.165) is 74.4 Å². The van der Waals surface area contributed by atoms with Crippen LogP contribution in [0.5, 0.6) is 0 Å². The van der Waals surface area contributed by atoms with E-state index < -0.39 is 0 Å². The number of hydrogen-bond acceptors (Lipinski definition) is 4. The first-order chi connectivity index (χ1) is 14.8. The Bertz CT molecular complexity index is 1390. The lowest BCUT2D eigenvalue weighted by Crippen LogP contribution is -2.25.